The Balaban J connectivity index is 1.71. The summed E-state index contributed by atoms with van der Waals surface area (Å²) in [5, 5.41) is 4.92. The van der Waals surface area contributed by atoms with Gasteiger partial charge in [0, 0.05) is 27.7 Å². The molecule has 0 fully saturated rings. The molecule has 0 aliphatic heterocycles. The van der Waals surface area contributed by atoms with Crippen LogP contribution >= 0.6 is 27.3 Å². The van der Waals surface area contributed by atoms with Gasteiger partial charge < -0.3 is 5.32 Å². The van der Waals surface area contributed by atoms with E-state index >= 15 is 0 Å². The third-order valence-electron chi connectivity index (χ3n) is 3.08. The lowest BCUT2D eigenvalue weighted by molar-refractivity contribution is -0.116. The number of thiazole rings is 1. The number of nitrogens with zero attached hydrogens (tertiary/aromatic N) is 2. The van der Waals surface area contributed by atoms with E-state index in [4.69, 9.17) is 0 Å². The number of H-pyrrole nitrogens is 1. The molecule has 24 heavy (non-hydrogen) atoms. The summed E-state index contributed by atoms with van der Waals surface area (Å²) in [6, 6.07) is 8.86. The molecule has 1 aromatic carbocycles. The normalized spacial score (nSPS) is 10.5. The maximum absolute atomic E-state index is 12.0. The van der Waals surface area contributed by atoms with E-state index in [0.29, 0.717) is 5.13 Å². The van der Waals surface area contributed by atoms with Gasteiger partial charge in [-0.3, -0.25) is 19.1 Å². The van der Waals surface area contributed by atoms with Crippen LogP contribution < -0.4 is 16.6 Å². The highest BCUT2D eigenvalue weighted by Gasteiger charge is 2.10. The molecule has 3 rings (SSSR count). The van der Waals surface area contributed by atoms with Crippen LogP contribution in [0.5, 0.6) is 0 Å². The molecule has 2 heterocycles. The van der Waals surface area contributed by atoms with Gasteiger partial charge in [0.15, 0.2) is 5.13 Å². The van der Waals surface area contributed by atoms with E-state index in [1.165, 1.54) is 23.6 Å². The molecular formula is C15H11BrN4O3S. The number of amides is 1. The Kier molecular flexibility index (Phi) is 4.72. The molecule has 2 N–H and O–H groups in total. The average molecular weight is 407 g/mol. The molecule has 0 bridgehead atoms. The fourth-order valence-corrected chi connectivity index (χ4v) is 3.13. The first kappa shape index (κ1) is 16.3. The monoisotopic (exact) mass is 406 g/mol. The molecule has 3 aromatic rings. The van der Waals surface area contributed by atoms with Crippen molar-refractivity contribution in [3.8, 4) is 11.3 Å². The number of carbonyl (C=O) groups is 1. The zero-order valence-corrected chi connectivity index (χ0v) is 14.6. The van der Waals surface area contributed by atoms with E-state index < -0.39 is 17.2 Å². The first-order valence-corrected chi connectivity index (χ1v) is 8.49. The first-order chi connectivity index (χ1) is 11.5. The van der Waals surface area contributed by atoms with Gasteiger partial charge in [-0.1, -0.05) is 28.1 Å². The Bertz CT molecular complexity index is 1010. The largest absolute Gasteiger partial charge is 0.328 e. The highest BCUT2D eigenvalue weighted by atomic mass is 79.9. The predicted molar refractivity (Wildman–Crippen MR) is 95.2 cm³/mol. The quantitative estimate of drug-likeness (QED) is 0.692. The number of aromatic amines is 1. The number of carbonyl (C=O) groups excluding carboxylic acids is 1. The molecule has 0 unspecified atom stereocenters. The fraction of sp³-hybridized carbons (Fsp3) is 0.0667. The Hall–Kier alpha value is -2.52. The summed E-state index contributed by atoms with van der Waals surface area (Å²) in [6.45, 7) is -0.207. The van der Waals surface area contributed by atoms with Gasteiger partial charge >= 0.3 is 5.69 Å². The van der Waals surface area contributed by atoms with Crippen LogP contribution in [0.15, 0.2) is 56.0 Å². The number of rotatable bonds is 4. The Morgan fingerprint density at radius 1 is 1.33 bits per heavy atom. The third-order valence-corrected chi connectivity index (χ3v) is 4.33. The van der Waals surface area contributed by atoms with Gasteiger partial charge in [-0.05, 0) is 12.1 Å². The molecule has 0 aliphatic rings. The second-order valence-corrected chi connectivity index (χ2v) is 6.61. The van der Waals surface area contributed by atoms with E-state index in [-0.39, 0.29) is 6.54 Å². The highest BCUT2D eigenvalue weighted by molar-refractivity contribution is 9.10. The summed E-state index contributed by atoms with van der Waals surface area (Å²) in [4.78, 5) is 41.0. The molecule has 0 radical (unpaired) electrons. The van der Waals surface area contributed by atoms with Crippen molar-refractivity contribution >= 4 is 38.3 Å². The van der Waals surface area contributed by atoms with Crippen LogP contribution in [0.2, 0.25) is 0 Å². The molecule has 0 saturated heterocycles. The highest BCUT2D eigenvalue weighted by Crippen LogP contribution is 2.26. The second kappa shape index (κ2) is 6.93. The van der Waals surface area contributed by atoms with Crippen molar-refractivity contribution in [2.45, 2.75) is 6.54 Å². The molecule has 7 nitrogen and oxygen atoms in total. The average Bonchev–Trinajstić information content (AvgIpc) is 2.98. The van der Waals surface area contributed by atoms with E-state index in [1.54, 1.807) is 0 Å². The van der Waals surface area contributed by atoms with Crippen LogP contribution in [0.4, 0.5) is 5.13 Å². The van der Waals surface area contributed by atoms with E-state index in [0.717, 1.165) is 20.3 Å². The SMILES string of the molecule is O=C(Cn1ccc(=O)[nH]c1=O)Nc1nc(-c2cccc(Br)c2)cs1. The van der Waals surface area contributed by atoms with Crippen LogP contribution in [0.25, 0.3) is 11.3 Å². The number of anilines is 1. The Morgan fingerprint density at radius 3 is 2.92 bits per heavy atom. The number of aromatic nitrogens is 3. The lowest BCUT2D eigenvalue weighted by Gasteiger charge is -2.04. The minimum Gasteiger partial charge on any atom is -0.300 e. The van der Waals surface area contributed by atoms with Crippen molar-refractivity contribution in [2.24, 2.45) is 0 Å². The summed E-state index contributed by atoms with van der Waals surface area (Å²) >= 11 is 4.70. The first-order valence-electron chi connectivity index (χ1n) is 6.82. The minimum absolute atomic E-state index is 0.207. The summed E-state index contributed by atoms with van der Waals surface area (Å²) in [6.07, 6.45) is 1.27. The summed E-state index contributed by atoms with van der Waals surface area (Å²) in [5.41, 5.74) is 0.539. The van der Waals surface area contributed by atoms with E-state index in [2.05, 4.69) is 31.2 Å². The number of nitrogens with one attached hydrogen (secondary N) is 2. The van der Waals surface area contributed by atoms with Crippen molar-refractivity contribution in [3.63, 3.8) is 0 Å². The second-order valence-electron chi connectivity index (χ2n) is 4.83. The Morgan fingerprint density at radius 2 is 2.17 bits per heavy atom. The van der Waals surface area contributed by atoms with Gasteiger partial charge in [-0.25, -0.2) is 9.78 Å². The van der Waals surface area contributed by atoms with Gasteiger partial charge in [-0.2, -0.15) is 0 Å². The number of halogens is 1. The maximum Gasteiger partial charge on any atom is 0.328 e. The predicted octanol–water partition coefficient (Wildman–Crippen LogP) is 2.06. The molecular weight excluding hydrogens is 396 g/mol. The molecule has 122 valence electrons. The van der Waals surface area contributed by atoms with Crippen LogP contribution in [-0.2, 0) is 11.3 Å². The van der Waals surface area contributed by atoms with Crippen molar-refractivity contribution in [1.82, 2.24) is 14.5 Å². The van der Waals surface area contributed by atoms with Crippen molar-refractivity contribution < 1.29 is 4.79 Å². The molecule has 0 atom stereocenters. The summed E-state index contributed by atoms with van der Waals surface area (Å²) in [5.74, 6) is -0.403. The van der Waals surface area contributed by atoms with E-state index in [1.807, 2.05) is 29.6 Å². The number of hydrogen-bond donors (Lipinski definition) is 2. The van der Waals surface area contributed by atoms with Gasteiger partial charge in [0.1, 0.15) is 6.54 Å². The lowest BCUT2D eigenvalue weighted by atomic mass is 10.2. The smallest absolute Gasteiger partial charge is 0.300 e. The van der Waals surface area contributed by atoms with Gasteiger partial charge in [0.2, 0.25) is 5.91 Å². The lowest BCUT2D eigenvalue weighted by Crippen LogP contribution is -2.32. The van der Waals surface area contributed by atoms with E-state index in [9.17, 15) is 14.4 Å². The van der Waals surface area contributed by atoms with Crippen molar-refractivity contribution in [2.75, 3.05) is 5.32 Å². The molecule has 0 spiro atoms. The number of benzene rings is 1. The third kappa shape index (κ3) is 3.87. The van der Waals surface area contributed by atoms with Crippen LogP contribution in [0.3, 0.4) is 0 Å². The molecule has 0 saturated carbocycles. The summed E-state index contributed by atoms with van der Waals surface area (Å²) < 4.78 is 2.05. The topological polar surface area (TPSA) is 96.9 Å². The minimum atomic E-state index is -0.633. The van der Waals surface area contributed by atoms with Gasteiger partial charge in [0.05, 0.1) is 5.69 Å². The molecule has 0 aliphatic carbocycles. The molecule has 9 heteroatoms. The van der Waals surface area contributed by atoms with Crippen LogP contribution in [0.1, 0.15) is 0 Å². The van der Waals surface area contributed by atoms with Crippen LogP contribution in [-0.4, -0.2) is 20.4 Å². The van der Waals surface area contributed by atoms with Crippen molar-refractivity contribution in [1.29, 1.82) is 0 Å². The molecule has 2 aromatic heterocycles. The number of hydrogen-bond acceptors (Lipinski definition) is 5. The zero-order valence-electron chi connectivity index (χ0n) is 12.2. The van der Waals surface area contributed by atoms with Gasteiger partial charge in [0.25, 0.3) is 5.56 Å². The summed E-state index contributed by atoms with van der Waals surface area (Å²) in [7, 11) is 0. The standard InChI is InChI=1S/C15H11BrN4O3S/c16-10-3-1-2-9(6-10)11-8-24-14(17-11)18-13(22)7-20-5-4-12(21)19-15(20)23/h1-6,8H,7H2,(H,17,18,22)(H,19,21,23). The maximum atomic E-state index is 12.0. The fourth-order valence-electron chi connectivity index (χ4n) is 1.99. The molecule has 1 amide bonds. The van der Waals surface area contributed by atoms with Crippen molar-refractivity contribution in [3.05, 3.63) is 67.2 Å². The van der Waals surface area contributed by atoms with Crippen LogP contribution in [0, 0.1) is 0 Å². The Labute approximate surface area is 148 Å². The zero-order chi connectivity index (χ0) is 17.1. The van der Waals surface area contributed by atoms with Gasteiger partial charge in [-0.15, -0.1) is 11.3 Å².